The number of hydrogen-bond acceptors (Lipinski definition) is 3. The predicted molar refractivity (Wildman–Crippen MR) is 81.1 cm³/mol. The topological polar surface area (TPSA) is 55.4 Å². The molecule has 0 aromatic heterocycles. The molecule has 2 aromatic carbocycles. The largest absolute Gasteiger partial charge is 0.463 e. The first-order valence-electron chi connectivity index (χ1n) is 6.60. The fourth-order valence-electron chi connectivity index (χ4n) is 2.24. The van der Waals surface area contributed by atoms with Crippen LogP contribution in [0.1, 0.15) is 11.1 Å². The summed E-state index contributed by atoms with van der Waals surface area (Å²) in [4.78, 5) is 0. The van der Waals surface area contributed by atoms with Crippen molar-refractivity contribution in [2.45, 2.75) is 12.2 Å². The third kappa shape index (κ3) is 3.44. The van der Waals surface area contributed by atoms with E-state index in [1.807, 2.05) is 42.5 Å². The number of allylic oxidation sites excluding steroid dienone is 1. The summed E-state index contributed by atoms with van der Waals surface area (Å²) >= 11 is 0. The zero-order valence-corrected chi connectivity index (χ0v) is 12.1. The maximum absolute atomic E-state index is 12.2. The van der Waals surface area contributed by atoms with Crippen LogP contribution in [-0.2, 0) is 22.2 Å². The Labute approximate surface area is 124 Å². The molecule has 2 aromatic rings. The second-order valence-electron chi connectivity index (χ2n) is 4.89. The summed E-state index contributed by atoms with van der Waals surface area (Å²) in [7, 11) is -3.44. The van der Waals surface area contributed by atoms with Crippen LogP contribution in [0.15, 0.2) is 66.6 Å². The van der Waals surface area contributed by atoms with Gasteiger partial charge in [-0.05, 0) is 11.6 Å². The highest BCUT2D eigenvalue weighted by Crippen LogP contribution is 2.25. The molecule has 0 spiro atoms. The van der Waals surface area contributed by atoms with Crippen molar-refractivity contribution in [2.75, 3.05) is 0 Å². The predicted octanol–water partition coefficient (Wildman–Crippen LogP) is 2.58. The van der Waals surface area contributed by atoms with E-state index in [-0.39, 0.29) is 5.75 Å². The zero-order valence-electron chi connectivity index (χ0n) is 11.3. The number of sulfonamides is 1. The number of para-hydroxylation sites is 1. The van der Waals surface area contributed by atoms with Gasteiger partial charge in [-0.2, -0.15) is 0 Å². The lowest BCUT2D eigenvalue weighted by Crippen LogP contribution is -2.27. The smallest absolute Gasteiger partial charge is 0.236 e. The molecule has 1 aliphatic rings. The van der Waals surface area contributed by atoms with Crippen molar-refractivity contribution >= 4 is 10.0 Å². The van der Waals surface area contributed by atoms with Gasteiger partial charge in [0.05, 0.1) is 11.4 Å². The van der Waals surface area contributed by atoms with E-state index in [2.05, 4.69) is 4.72 Å². The molecule has 1 heterocycles. The van der Waals surface area contributed by atoms with Crippen LogP contribution in [0, 0.1) is 0 Å². The zero-order chi connectivity index (χ0) is 14.7. The van der Waals surface area contributed by atoms with Crippen LogP contribution in [0.2, 0.25) is 0 Å². The third-order valence-corrected chi connectivity index (χ3v) is 4.45. The normalized spacial score (nSPS) is 13.8. The lowest BCUT2D eigenvalue weighted by atomic mass is 10.1. The highest BCUT2D eigenvalue weighted by Gasteiger charge is 2.17. The highest BCUT2D eigenvalue weighted by molar-refractivity contribution is 7.88. The average molecular weight is 301 g/mol. The van der Waals surface area contributed by atoms with Gasteiger partial charge in [0, 0.05) is 12.0 Å². The van der Waals surface area contributed by atoms with Gasteiger partial charge in [-0.1, -0.05) is 48.5 Å². The molecular formula is C16H15NO3S. The Kier molecular flexibility index (Phi) is 3.66. The van der Waals surface area contributed by atoms with Gasteiger partial charge in [0.2, 0.25) is 10.0 Å². The van der Waals surface area contributed by atoms with E-state index in [9.17, 15) is 8.42 Å². The lowest BCUT2D eigenvalue weighted by molar-refractivity contribution is 0.452. The number of benzene rings is 2. The maximum atomic E-state index is 12.2. The van der Waals surface area contributed by atoms with Crippen molar-refractivity contribution in [1.82, 2.24) is 4.72 Å². The quantitative estimate of drug-likeness (QED) is 0.944. The van der Waals surface area contributed by atoms with Gasteiger partial charge >= 0.3 is 0 Å². The van der Waals surface area contributed by atoms with Crippen LogP contribution in [0.5, 0.6) is 5.75 Å². The number of rotatable bonds is 4. The van der Waals surface area contributed by atoms with E-state index in [1.54, 1.807) is 12.1 Å². The Hall–Kier alpha value is -2.27. The van der Waals surface area contributed by atoms with Crippen LogP contribution in [0.4, 0.5) is 0 Å². The first kappa shape index (κ1) is 13.7. The monoisotopic (exact) mass is 301 g/mol. The van der Waals surface area contributed by atoms with Gasteiger partial charge in [-0.3, -0.25) is 4.72 Å². The summed E-state index contributed by atoms with van der Waals surface area (Å²) in [5.41, 5.74) is 2.27. The molecule has 21 heavy (non-hydrogen) atoms. The van der Waals surface area contributed by atoms with Crippen LogP contribution in [0.25, 0.3) is 0 Å². The second kappa shape index (κ2) is 5.61. The fraction of sp³-hybridized carbons (Fsp3) is 0.125. The molecular weight excluding hydrogens is 286 g/mol. The number of fused-ring (bicyclic) bond motifs is 1. The number of hydrogen-bond donors (Lipinski definition) is 1. The molecule has 0 saturated carbocycles. The number of nitrogens with one attached hydrogen (secondary N) is 1. The van der Waals surface area contributed by atoms with Gasteiger partial charge in [0.15, 0.2) is 0 Å². The van der Waals surface area contributed by atoms with Gasteiger partial charge < -0.3 is 4.74 Å². The van der Waals surface area contributed by atoms with Crippen LogP contribution < -0.4 is 9.46 Å². The van der Waals surface area contributed by atoms with E-state index >= 15 is 0 Å². The molecule has 1 N–H and O–H groups in total. The van der Waals surface area contributed by atoms with E-state index in [0.717, 1.165) is 16.9 Å². The van der Waals surface area contributed by atoms with Crippen molar-refractivity contribution < 1.29 is 13.2 Å². The SMILES string of the molecule is O=S(=O)(Cc1ccccc1)NC1=COc2ccccc2C1. The van der Waals surface area contributed by atoms with Gasteiger partial charge in [0.1, 0.15) is 12.0 Å². The molecule has 3 rings (SSSR count). The average Bonchev–Trinajstić information content (AvgIpc) is 2.47. The van der Waals surface area contributed by atoms with Crippen molar-refractivity contribution in [3.05, 3.63) is 77.7 Å². The molecule has 0 aliphatic carbocycles. The molecule has 1 aliphatic heterocycles. The van der Waals surface area contributed by atoms with E-state index in [0.29, 0.717) is 12.1 Å². The number of ether oxygens (including phenoxy) is 1. The van der Waals surface area contributed by atoms with Crippen LogP contribution in [0.3, 0.4) is 0 Å². The summed E-state index contributed by atoms with van der Waals surface area (Å²) in [5, 5.41) is 0. The lowest BCUT2D eigenvalue weighted by Gasteiger charge is -2.18. The van der Waals surface area contributed by atoms with Crippen LogP contribution >= 0.6 is 0 Å². The van der Waals surface area contributed by atoms with Crippen molar-refractivity contribution in [1.29, 1.82) is 0 Å². The Morgan fingerprint density at radius 3 is 2.52 bits per heavy atom. The summed E-state index contributed by atoms with van der Waals surface area (Å²) in [6.45, 7) is 0. The van der Waals surface area contributed by atoms with Gasteiger partial charge in [-0.15, -0.1) is 0 Å². The molecule has 0 unspecified atom stereocenters. The Morgan fingerprint density at radius 1 is 1.00 bits per heavy atom. The standard InChI is InChI=1S/C16H15NO3S/c18-21(19,12-13-6-2-1-3-7-13)17-15-10-14-8-4-5-9-16(14)20-11-15/h1-9,11,17H,10,12H2. The summed E-state index contributed by atoms with van der Waals surface area (Å²) < 4.78 is 32.4. The molecule has 0 amide bonds. The summed E-state index contributed by atoms with van der Waals surface area (Å²) in [6.07, 6.45) is 1.98. The van der Waals surface area contributed by atoms with E-state index < -0.39 is 10.0 Å². The molecule has 0 fully saturated rings. The van der Waals surface area contributed by atoms with Crippen molar-refractivity contribution in [3.8, 4) is 5.75 Å². The Morgan fingerprint density at radius 2 is 1.71 bits per heavy atom. The second-order valence-corrected chi connectivity index (χ2v) is 6.61. The molecule has 5 heteroatoms. The molecule has 0 bridgehead atoms. The van der Waals surface area contributed by atoms with Crippen molar-refractivity contribution in [3.63, 3.8) is 0 Å². The minimum atomic E-state index is -3.44. The van der Waals surface area contributed by atoms with Gasteiger partial charge in [0.25, 0.3) is 0 Å². The molecule has 108 valence electrons. The summed E-state index contributed by atoms with van der Waals surface area (Å²) in [5.74, 6) is 0.718. The van der Waals surface area contributed by atoms with Crippen molar-refractivity contribution in [2.24, 2.45) is 0 Å². The first-order valence-corrected chi connectivity index (χ1v) is 8.26. The Balaban J connectivity index is 1.71. The third-order valence-electron chi connectivity index (χ3n) is 3.17. The first-order chi connectivity index (χ1) is 10.1. The van der Waals surface area contributed by atoms with Crippen LogP contribution in [-0.4, -0.2) is 8.42 Å². The minimum absolute atomic E-state index is 0.0488. The molecule has 0 saturated heterocycles. The van der Waals surface area contributed by atoms with E-state index in [4.69, 9.17) is 4.74 Å². The van der Waals surface area contributed by atoms with E-state index in [1.165, 1.54) is 6.26 Å². The maximum Gasteiger partial charge on any atom is 0.236 e. The minimum Gasteiger partial charge on any atom is -0.463 e. The highest BCUT2D eigenvalue weighted by atomic mass is 32.2. The molecule has 4 nitrogen and oxygen atoms in total. The molecule has 0 radical (unpaired) electrons. The fourth-order valence-corrected chi connectivity index (χ4v) is 3.46. The summed E-state index contributed by atoms with van der Waals surface area (Å²) in [6, 6.07) is 16.7. The van der Waals surface area contributed by atoms with Gasteiger partial charge in [-0.25, -0.2) is 8.42 Å². The Bertz CT molecular complexity index is 767. The molecule has 0 atom stereocenters.